The van der Waals surface area contributed by atoms with Crippen LogP contribution < -0.4 is 10.6 Å². The maximum Gasteiger partial charge on any atom is 0.222 e. The number of benzene rings is 1. The van der Waals surface area contributed by atoms with E-state index in [-0.39, 0.29) is 12.3 Å². The molecule has 0 fully saturated rings. The van der Waals surface area contributed by atoms with Crippen LogP contribution >= 0.6 is 15.9 Å². The van der Waals surface area contributed by atoms with Gasteiger partial charge in [-0.05, 0) is 24.3 Å². The fourth-order valence-corrected chi connectivity index (χ4v) is 1.43. The second kappa shape index (κ2) is 6.13. The van der Waals surface area contributed by atoms with Crippen molar-refractivity contribution in [2.75, 3.05) is 12.4 Å². The van der Waals surface area contributed by atoms with Crippen molar-refractivity contribution < 1.29 is 4.79 Å². The second-order valence-electron chi connectivity index (χ2n) is 3.21. The van der Waals surface area contributed by atoms with E-state index in [4.69, 9.17) is 5.26 Å². The lowest BCUT2D eigenvalue weighted by atomic mass is 10.2. The van der Waals surface area contributed by atoms with E-state index in [0.717, 1.165) is 10.2 Å². The highest BCUT2D eigenvalue weighted by atomic mass is 79.9. The Bertz CT molecular complexity index is 397. The number of hydrogen-bond acceptors (Lipinski definition) is 3. The molecule has 2 N–H and O–H groups in total. The van der Waals surface area contributed by atoms with Gasteiger partial charge in [0.1, 0.15) is 6.04 Å². The Balaban J connectivity index is 2.60. The summed E-state index contributed by atoms with van der Waals surface area (Å²) in [7, 11) is 1.55. The highest BCUT2D eigenvalue weighted by molar-refractivity contribution is 9.10. The smallest absolute Gasteiger partial charge is 0.222 e. The van der Waals surface area contributed by atoms with Crippen LogP contribution in [0.1, 0.15) is 6.42 Å². The summed E-state index contributed by atoms with van der Waals surface area (Å²) in [5, 5.41) is 14.4. The second-order valence-corrected chi connectivity index (χ2v) is 4.13. The van der Waals surface area contributed by atoms with Crippen molar-refractivity contribution in [2.24, 2.45) is 0 Å². The third-order valence-corrected chi connectivity index (χ3v) is 2.54. The van der Waals surface area contributed by atoms with E-state index in [1.54, 1.807) is 7.05 Å². The Morgan fingerprint density at radius 3 is 2.62 bits per heavy atom. The predicted molar refractivity (Wildman–Crippen MR) is 65.8 cm³/mol. The zero-order valence-electron chi connectivity index (χ0n) is 8.83. The lowest BCUT2D eigenvalue weighted by Crippen LogP contribution is -2.27. The molecule has 84 valence electrons. The van der Waals surface area contributed by atoms with E-state index in [9.17, 15) is 4.79 Å². The fourth-order valence-electron chi connectivity index (χ4n) is 1.16. The van der Waals surface area contributed by atoms with Crippen LogP contribution in [0.5, 0.6) is 0 Å². The van der Waals surface area contributed by atoms with Crippen LogP contribution in [0.2, 0.25) is 0 Å². The molecule has 16 heavy (non-hydrogen) atoms. The number of anilines is 1. The molecular weight excluding hydrogens is 270 g/mol. The molecule has 1 atom stereocenters. The van der Waals surface area contributed by atoms with E-state index < -0.39 is 6.04 Å². The number of carbonyl (C=O) groups excluding carboxylic acids is 1. The SMILES string of the molecule is CNC(=O)CC(C#N)Nc1ccc(Br)cc1. The molecule has 1 aromatic carbocycles. The van der Waals surface area contributed by atoms with Crippen LogP contribution in [-0.2, 0) is 4.79 Å². The Hall–Kier alpha value is -1.54. The van der Waals surface area contributed by atoms with Gasteiger partial charge in [0.2, 0.25) is 5.91 Å². The molecule has 0 heterocycles. The maximum atomic E-state index is 11.1. The highest BCUT2D eigenvalue weighted by Crippen LogP contribution is 2.15. The van der Waals surface area contributed by atoms with Gasteiger partial charge in [0.25, 0.3) is 0 Å². The minimum Gasteiger partial charge on any atom is -0.369 e. The van der Waals surface area contributed by atoms with Crippen molar-refractivity contribution >= 4 is 27.5 Å². The highest BCUT2D eigenvalue weighted by Gasteiger charge is 2.11. The number of nitrogens with one attached hydrogen (secondary N) is 2. The first-order valence-electron chi connectivity index (χ1n) is 4.78. The molecule has 0 spiro atoms. The monoisotopic (exact) mass is 281 g/mol. The number of amides is 1. The number of nitrogens with zero attached hydrogens (tertiary/aromatic N) is 1. The van der Waals surface area contributed by atoms with E-state index in [0.29, 0.717) is 0 Å². The van der Waals surface area contributed by atoms with Crippen LogP contribution in [0.15, 0.2) is 28.7 Å². The summed E-state index contributed by atoms with van der Waals surface area (Å²) in [4.78, 5) is 11.1. The molecule has 0 aromatic heterocycles. The van der Waals surface area contributed by atoms with Crippen LogP contribution in [0, 0.1) is 11.3 Å². The lowest BCUT2D eigenvalue weighted by Gasteiger charge is -2.11. The van der Waals surface area contributed by atoms with Gasteiger partial charge in [-0.1, -0.05) is 15.9 Å². The van der Waals surface area contributed by atoms with Crippen molar-refractivity contribution in [2.45, 2.75) is 12.5 Å². The topological polar surface area (TPSA) is 64.9 Å². The first-order valence-corrected chi connectivity index (χ1v) is 5.57. The van der Waals surface area contributed by atoms with Gasteiger partial charge in [0.15, 0.2) is 0 Å². The molecule has 1 amide bonds. The largest absolute Gasteiger partial charge is 0.369 e. The van der Waals surface area contributed by atoms with Crippen molar-refractivity contribution in [3.63, 3.8) is 0 Å². The Morgan fingerprint density at radius 2 is 2.12 bits per heavy atom. The molecule has 0 bridgehead atoms. The van der Waals surface area contributed by atoms with E-state index in [1.807, 2.05) is 30.3 Å². The number of rotatable bonds is 4. The van der Waals surface area contributed by atoms with Crippen LogP contribution in [0.4, 0.5) is 5.69 Å². The summed E-state index contributed by atoms with van der Waals surface area (Å²) in [6.45, 7) is 0. The van der Waals surface area contributed by atoms with Crippen molar-refractivity contribution in [3.8, 4) is 6.07 Å². The van der Waals surface area contributed by atoms with Crippen LogP contribution in [0.25, 0.3) is 0 Å². The molecule has 0 aliphatic heterocycles. The Morgan fingerprint density at radius 1 is 1.50 bits per heavy atom. The van der Waals surface area contributed by atoms with Gasteiger partial charge in [-0.2, -0.15) is 5.26 Å². The lowest BCUT2D eigenvalue weighted by molar-refractivity contribution is -0.120. The molecule has 5 heteroatoms. The maximum absolute atomic E-state index is 11.1. The first kappa shape index (κ1) is 12.5. The number of nitriles is 1. The van der Waals surface area contributed by atoms with E-state index >= 15 is 0 Å². The summed E-state index contributed by atoms with van der Waals surface area (Å²) < 4.78 is 0.970. The summed E-state index contributed by atoms with van der Waals surface area (Å²) in [6, 6.07) is 8.97. The molecule has 0 aliphatic rings. The quantitative estimate of drug-likeness (QED) is 0.886. The number of halogens is 1. The van der Waals surface area contributed by atoms with Gasteiger partial charge in [0.05, 0.1) is 12.5 Å². The normalized spacial score (nSPS) is 11.3. The van der Waals surface area contributed by atoms with Crippen molar-refractivity contribution in [1.29, 1.82) is 5.26 Å². The van der Waals surface area contributed by atoms with Gasteiger partial charge in [-0.3, -0.25) is 4.79 Å². The number of hydrogen-bond donors (Lipinski definition) is 2. The third-order valence-electron chi connectivity index (χ3n) is 2.01. The Kier molecular flexibility index (Phi) is 4.80. The predicted octanol–water partition coefficient (Wildman–Crippen LogP) is 1.89. The Labute approximate surface area is 103 Å². The molecule has 0 saturated carbocycles. The average molecular weight is 282 g/mol. The van der Waals surface area contributed by atoms with Gasteiger partial charge in [-0.15, -0.1) is 0 Å². The van der Waals surface area contributed by atoms with Gasteiger partial charge in [-0.25, -0.2) is 0 Å². The number of carbonyl (C=O) groups is 1. The van der Waals surface area contributed by atoms with Gasteiger partial charge < -0.3 is 10.6 Å². The molecule has 1 rings (SSSR count). The van der Waals surface area contributed by atoms with Crippen molar-refractivity contribution in [3.05, 3.63) is 28.7 Å². The first-order chi connectivity index (χ1) is 7.65. The van der Waals surface area contributed by atoms with Crippen LogP contribution in [0.3, 0.4) is 0 Å². The summed E-state index contributed by atoms with van der Waals surface area (Å²) >= 11 is 3.32. The third kappa shape index (κ3) is 3.91. The molecule has 4 nitrogen and oxygen atoms in total. The standard InChI is InChI=1S/C11H12BrN3O/c1-14-11(16)6-10(7-13)15-9-4-2-8(12)3-5-9/h2-5,10,15H,6H2,1H3,(H,14,16). The minimum absolute atomic E-state index is 0.142. The molecular formula is C11H12BrN3O. The fraction of sp³-hybridized carbons (Fsp3) is 0.273. The summed E-state index contributed by atoms with van der Waals surface area (Å²) in [5.41, 5.74) is 0.818. The van der Waals surface area contributed by atoms with Gasteiger partial charge >= 0.3 is 0 Å². The minimum atomic E-state index is -0.513. The van der Waals surface area contributed by atoms with Crippen molar-refractivity contribution in [1.82, 2.24) is 5.32 Å². The molecule has 0 saturated heterocycles. The molecule has 1 unspecified atom stereocenters. The zero-order valence-corrected chi connectivity index (χ0v) is 10.4. The molecule has 1 aromatic rings. The van der Waals surface area contributed by atoms with E-state index in [1.165, 1.54) is 0 Å². The van der Waals surface area contributed by atoms with Crippen LogP contribution in [-0.4, -0.2) is 19.0 Å². The molecule has 0 aliphatic carbocycles. The van der Waals surface area contributed by atoms with E-state index in [2.05, 4.69) is 26.6 Å². The molecule has 0 radical (unpaired) electrons. The summed E-state index contributed by atoms with van der Waals surface area (Å²) in [6.07, 6.45) is 0.142. The summed E-state index contributed by atoms with van der Waals surface area (Å²) in [5.74, 6) is -0.156. The van der Waals surface area contributed by atoms with Gasteiger partial charge in [0, 0.05) is 17.2 Å². The average Bonchev–Trinajstić information content (AvgIpc) is 2.30. The zero-order chi connectivity index (χ0) is 12.0.